The van der Waals surface area contributed by atoms with Crippen LogP contribution in [0.4, 0.5) is 0 Å². The van der Waals surface area contributed by atoms with Gasteiger partial charge in [-0.1, -0.05) is 6.07 Å². The maximum absolute atomic E-state index is 11.0. The fraction of sp³-hybridized carbons (Fsp3) is 0.619. The Kier molecular flexibility index (Phi) is 4.01. The molecule has 1 saturated heterocycles. The van der Waals surface area contributed by atoms with Gasteiger partial charge in [-0.2, -0.15) is 0 Å². The summed E-state index contributed by atoms with van der Waals surface area (Å²) in [7, 11) is 5.56. The summed E-state index contributed by atoms with van der Waals surface area (Å²) in [5, 5.41) is 21.7. The van der Waals surface area contributed by atoms with Crippen LogP contribution in [0.2, 0.25) is 0 Å². The van der Waals surface area contributed by atoms with Crippen molar-refractivity contribution in [2.75, 3.05) is 34.4 Å². The molecule has 2 aliphatic carbocycles. The van der Waals surface area contributed by atoms with Gasteiger partial charge in [-0.15, -0.1) is 0 Å². The highest BCUT2D eigenvalue weighted by Gasteiger charge is 2.61. The van der Waals surface area contributed by atoms with Crippen LogP contribution < -0.4 is 4.74 Å². The molecule has 1 aromatic rings. The van der Waals surface area contributed by atoms with Gasteiger partial charge in [0.05, 0.1) is 34.4 Å². The summed E-state index contributed by atoms with van der Waals surface area (Å²) in [6.07, 6.45) is 3.97. The molecule has 2 N–H and O–H groups in total. The molecular formula is C21H30NO4+. The smallest absolute Gasteiger partial charge is 0.161 e. The highest BCUT2D eigenvalue weighted by atomic mass is 16.5. The van der Waals surface area contributed by atoms with E-state index in [9.17, 15) is 10.2 Å². The van der Waals surface area contributed by atoms with Gasteiger partial charge >= 0.3 is 0 Å². The van der Waals surface area contributed by atoms with E-state index in [1.165, 1.54) is 5.56 Å². The molecule has 5 nitrogen and oxygen atoms in total. The zero-order valence-electron chi connectivity index (χ0n) is 16.2. The number of ether oxygens (including phenoxy) is 2. The number of fused-ring (bicyclic) bond motifs is 1. The lowest BCUT2D eigenvalue weighted by Gasteiger charge is -2.60. The highest BCUT2D eigenvalue weighted by Crippen LogP contribution is 2.59. The number of aromatic hydroxyl groups is 1. The minimum atomic E-state index is -0.632. The summed E-state index contributed by atoms with van der Waals surface area (Å²) in [5.41, 5.74) is 1.93. The van der Waals surface area contributed by atoms with Crippen LogP contribution in [0.5, 0.6) is 11.5 Å². The number of likely N-dealkylation sites (N-methyl/N-ethyl adjacent to an activating group) is 1. The van der Waals surface area contributed by atoms with Crippen molar-refractivity contribution in [2.45, 2.75) is 43.7 Å². The molecule has 1 aromatic carbocycles. The fourth-order valence-corrected chi connectivity index (χ4v) is 5.85. The van der Waals surface area contributed by atoms with Crippen LogP contribution in [0.25, 0.3) is 0 Å². The van der Waals surface area contributed by atoms with E-state index in [0.29, 0.717) is 24.0 Å². The third-order valence-electron chi connectivity index (χ3n) is 7.48. The van der Waals surface area contributed by atoms with Crippen molar-refractivity contribution in [1.82, 2.24) is 0 Å². The highest BCUT2D eigenvalue weighted by molar-refractivity contribution is 5.57. The first-order chi connectivity index (χ1) is 12.4. The Balaban J connectivity index is 1.97. The summed E-state index contributed by atoms with van der Waals surface area (Å²) in [6, 6.07) is 4.39. The number of methoxy groups -OCH3 is 2. The van der Waals surface area contributed by atoms with Crippen molar-refractivity contribution in [3.8, 4) is 11.5 Å². The maximum atomic E-state index is 11.0. The van der Waals surface area contributed by atoms with Gasteiger partial charge in [-0.25, -0.2) is 0 Å². The van der Waals surface area contributed by atoms with E-state index < -0.39 is 6.10 Å². The largest absolute Gasteiger partial charge is 0.504 e. The Labute approximate surface area is 155 Å². The predicted octanol–water partition coefficient (Wildman–Crippen LogP) is 2.34. The molecule has 2 bridgehead atoms. The number of aliphatic hydroxyl groups is 1. The Morgan fingerprint density at radius 3 is 2.69 bits per heavy atom. The lowest BCUT2D eigenvalue weighted by molar-refractivity contribution is -0.942. The second-order valence-electron chi connectivity index (χ2n) is 8.37. The summed E-state index contributed by atoms with van der Waals surface area (Å²) in [6.45, 7) is 4.39. The Morgan fingerprint density at radius 2 is 2.04 bits per heavy atom. The molecule has 1 heterocycles. The Bertz CT molecular complexity index is 761. The first-order valence-corrected chi connectivity index (χ1v) is 9.57. The second-order valence-corrected chi connectivity index (χ2v) is 8.37. The monoisotopic (exact) mass is 360 g/mol. The van der Waals surface area contributed by atoms with E-state index >= 15 is 0 Å². The molecule has 5 heteroatoms. The summed E-state index contributed by atoms with van der Waals surface area (Å²) >= 11 is 0. The molecule has 0 amide bonds. The van der Waals surface area contributed by atoms with Crippen LogP contribution >= 0.6 is 0 Å². The SMILES string of the molecule is CC[N+]1(C)CC[C@]23CC(O)C(OC)=C[C@H]2[C@@H]1Cc1ccc(OC)c(O)c13. The number of nitrogens with zero attached hydrogens (tertiary/aromatic N) is 1. The number of benzene rings is 1. The number of aliphatic hydroxyl groups excluding tert-OH is 1. The van der Waals surface area contributed by atoms with E-state index in [2.05, 4.69) is 26.1 Å². The Morgan fingerprint density at radius 1 is 1.27 bits per heavy atom. The summed E-state index contributed by atoms with van der Waals surface area (Å²) in [4.78, 5) is 0. The first-order valence-electron chi connectivity index (χ1n) is 9.57. The van der Waals surface area contributed by atoms with Gasteiger partial charge in [0.1, 0.15) is 17.9 Å². The topological polar surface area (TPSA) is 58.9 Å². The molecule has 0 saturated carbocycles. The molecule has 0 radical (unpaired) electrons. The van der Waals surface area contributed by atoms with Gasteiger partial charge in [0.25, 0.3) is 0 Å². The molecule has 3 aliphatic rings. The zero-order valence-corrected chi connectivity index (χ0v) is 16.2. The van der Waals surface area contributed by atoms with E-state index in [1.807, 2.05) is 6.07 Å². The average Bonchev–Trinajstić information content (AvgIpc) is 2.64. The number of rotatable bonds is 3. The number of quaternary nitrogens is 1. The van der Waals surface area contributed by atoms with Crippen molar-refractivity contribution < 1.29 is 24.2 Å². The summed E-state index contributed by atoms with van der Waals surface area (Å²) in [5.74, 6) is 1.68. The van der Waals surface area contributed by atoms with Gasteiger partial charge in [-0.05, 0) is 31.1 Å². The molecule has 26 heavy (non-hydrogen) atoms. The van der Waals surface area contributed by atoms with Crippen molar-refractivity contribution in [1.29, 1.82) is 0 Å². The van der Waals surface area contributed by atoms with Crippen molar-refractivity contribution in [3.05, 3.63) is 35.1 Å². The fourth-order valence-electron chi connectivity index (χ4n) is 5.85. The normalized spacial score (nSPS) is 38.0. The van der Waals surface area contributed by atoms with E-state index in [1.54, 1.807) is 14.2 Å². The lowest BCUT2D eigenvalue weighted by Crippen LogP contribution is -2.68. The quantitative estimate of drug-likeness (QED) is 0.813. The lowest BCUT2D eigenvalue weighted by atomic mass is 9.52. The van der Waals surface area contributed by atoms with Crippen LogP contribution in [-0.4, -0.2) is 61.2 Å². The molecule has 0 aromatic heterocycles. The zero-order chi connectivity index (χ0) is 18.7. The van der Waals surface area contributed by atoms with Crippen molar-refractivity contribution in [2.24, 2.45) is 5.92 Å². The van der Waals surface area contributed by atoms with Crippen LogP contribution in [0.15, 0.2) is 24.0 Å². The first kappa shape index (κ1) is 17.7. The van der Waals surface area contributed by atoms with Gasteiger partial charge < -0.3 is 24.2 Å². The van der Waals surface area contributed by atoms with Crippen molar-refractivity contribution >= 4 is 0 Å². The molecule has 5 atom stereocenters. The van der Waals surface area contributed by atoms with Gasteiger partial charge in [0.15, 0.2) is 11.5 Å². The number of likely N-dealkylation sites (tertiary alicyclic amines) is 1. The van der Waals surface area contributed by atoms with Crippen LogP contribution in [0.1, 0.15) is 30.9 Å². The number of hydrogen-bond donors (Lipinski definition) is 2. The third-order valence-corrected chi connectivity index (χ3v) is 7.48. The maximum Gasteiger partial charge on any atom is 0.161 e. The molecular weight excluding hydrogens is 330 g/mol. The van der Waals surface area contributed by atoms with E-state index in [-0.39, 0.29) is 17.1 Å². The minimum absolute atomic E-state index is 0.241. The number of hydrogen-bond acceptors (Lipinski definition) is 4. The number of phenolic OH excluding ortho intramolecular Hbond substituents is 1. The molecule has 142 valence electrons. The molecule has 1 fully saturated rings. The second kappa shape index (κ2) is 5.89. The Hall–Kier alpha value is -1.72. The van der Waals surface area contributed by atoms with Crippen LogP contribution in [-0.2, 0) is 16.6 Å². The minimum Gasteiger partial charge on any atom is -0.504 e. The number of piperidine rings is 1. The number of phenols is 1. The molecule has 0 spiro atoms. The van der Waals surface area contributed by atoms with Crippen LogP contribution in [0, 0.1) is 5.92 Å². The third kappa shape index (κ3) is 2.16. The van der Waals surface area contributed by atoms with Crippen LogP contribution in [0.3, 0.4) is 0 Å². The predicted molar refractivity (Wildman–Crippen MR) is 99.2 cm³/mol. The standard InChI is InChI=1S/C21H29NO4/c1-5-22(2)9-8-21-12-16(23)18(26-4)11-14(21)15(22)10-13-6-7-17(25-3)20(24)19(13)21/h6-7,11,14-16,23H,5,8-10,12H2,1-4H3/p+1/t14-,15-,16?,21-,22?/m0/s1. The molecule has 2 unspecified atom stereocenters. The van der Waals surface area contributed by atoms with E-state index in [4.69, 9.17) is 9.47 Å². The van der Waals surface area contributed by atoms with Crippen molar-refractivity contribution in [3.63, 3.8) is 0 Å². The molecule has 1 aliphatic heterocycles. The van der Waals surface area contributed by atoms with Gasteiger partial charge in [0.2, 0.25) is 0 Å². The van der Waals surface area contributed by atoms with E-state index in [0.717, 1.165) is 36.0 Å². The van der Waals surface area contributed by atoms with Gasteiger partial charge in [0, 0.05) is 29.7 Å². The summed E-state index contributed by atoms with van der Waals surface area (Å²) < 4.78 is 11.9. The van der Waals surface area contributed by atoms with Gasteiger partial charge in [-0.3, -0.25) is 0 Å². The average molecular weight is 360 g/mol. The molecule has 4 rings (SSSR count).